The summed E-state index contributed by atoms with van der Waals surface area (Å²) in [6.45, 7) is 4.34. The molecule has 132 valence electrons. The molecule has 0 radical (unpaired) electrons. The number of sulfonamides is 1. The number of halogens is 1. The molecule has 1 atom stereocenters. The molecule has 1 aliphatic rings. The predicted octanol–water partition coefficient (Wildman–Crippen LogP) is 2.53. The Balaban J connectivity index is 1.79. The number of anilines is 1. The maximum atomic E-state index is 13.0. The average molecular weight is 362 g/mol. The monoisotopic (exact) mass is 362 g/mol. The van der Waals surface area contributed by atoms with Crippen LogP contribution in [0.15, 0.2) is 47.4 Å². The summed E-state index contributed by atoms with van der Waals surface area (Å²) in [7, 11) is -3.88. The van der Waals surface area contributed by atoms with E-state index in [1.807, 2.05) is 32.0 Å². The molecule has 0 spiro atoms. The average Bonchev–Trinajstić information content (AvgIpc) is 2.87. The molecule has 1 heterocycles. The minimum Gasteiger partial charge on any atom is -0.311 e. The van der Waals surface area contributed by atoms with E-state index in [9.17, 15) is 17.6 Å². The molecular formula is C18H19FN2O3S. The van der Waals surface area contributed by atoms with Crippen molar-refractivity contribution in [3.05, 3.63) is 59.4 Å². The van der Waals surface area contributed by atoms with Gasteiger partial charge in [0.1, 0.15) is 11.9 Å². The van der Waals surface area contributed by atoms with Gasteiger partial charge in [0.15, 0.2) is 0 Å². The Kier molecular flexibility index (Phi) is 4.62. The van der Waals surface area contributed by atoms with Crippen LogP contribution in [0.1, 0.15) is 17.5 Å². The zero-order chi connectivity index (χ0) is 18.2. The van der Waals surface area contributed by atoms with Crippen LogP contribution in [-0.2, 0) is 14.8 Å². The summed E-state index contributed by atoms with van der Waals surface area (Å²) in [4.78, 5) is 14.2. The molecule has 3 rings (SSSR count). The summed E-state index contributed by atoms with van der Waals surface area (Å²) in [5.41, 5.74) is 2.85. The van der Waals surface area contributed by atoms with Crippen LogP contribution in [0.25, 0.3) is 0 Å². The Morgan fingerprint density at radius 3 is 2.28 bits per heavy atom. The largest absolute Gasteiger partial charge is 0.311 e. The van der Waals surface area contributed by atoms with Crippen LogP contribution in [0.3, 0.4) is 0 Å². The number of nitrogens with one attached hydrogen (secondary N) is 1. The third-order valence-corrected chi connectivity index (χ3v) is 5.63. The number of amides is 1. The van der Waals surface area contributed by atoms with Crippen molar-refractivity contribution in [1.29, 1.82) is 0 Å². The van der Waals surface area contributed by atoms with E-state index in [-0.39, 0.29) is 10.8 Å². The molecule has 5 nitrogen and oxygen atoms in total. The third-order valence-electron chi connectivity index (χ3n) is 4.14. The van der Waals surface area contributed by atoms with E-state index in [4.69, 9.17) is 0 Å². The molecule has 1 N–H and O–H groups in total. The fourth-order valence-electron chi connectivity index (χ4n) is 3.02. The minimum atomic E-state index is -3.88. The quantitative estimate of drug-likeness (QED) is 0.909. The smallest absolute Gasteiger partial charge is 0.245 e. The highest BCUT2D eigenvalue weighted by Gasteiger charge is 2.35. The van der Waals surface area contributed by atoms with Gasteiger partial charge in [-0.05, 0) is 67.8 Å². The highest BCUT2D eigenvalue weighted by molar-refractivity contribution is 7.89. The highest BCUT2D eigenvalue weighted by atomic mass is 32.2. The minimum absolute atomic E-state index is 0.0634. The molecule has 1 saturated heterocycles. The van der Waals surface area contributed by atoms with Gasteiger partial charge < -0.3 is 4.90 Å². The van der Waals surface area contributed by atoms with Crippen molar-refractivity contribution >= 4 is 21.6 Å². The van der Waals surface area contributed by atoms with Crippen molar-refractivity contribution in [1.82, 2.24) is 4.72 Å². The van der Waals surface area contributed by atoms with E-state index in [1.54, 1.807) is 4.90 Å². The fraction of sp³-hybridized carbons (Fsp3) is 0.278. The first-order chi connectivity index (χ1) is 11.8. The van der Waals surface area contributed by atoms with Crippen LogP contribution >= 0.6 is 0 Å². The molecule has 0 bridgehead atoms. The Labute approximate surface area is 146 Å². The molecule has 7 heteroatoms. The van der Waals surface area contributed by atoms with E-state index in [1.165, 1.54) is 12.1 Å². The third kappa shape index (κ3) is 3.72. The van der Waals surface area contributed by atoms with Gasteiger partial charge in [-0.1, -0.05) is 6.07 Å². The van der Waals surface area contributed by atoms with Gasteiger partial charge in [0.25, 0.3) is 0 Å². The first-order valence-electron chi connectivity index (χ1n) is 7.94. The number of benzene rings is 2. The standard InChI is InChI=1S/C18H19FN2O3S/c1-12-9-13(2)11-15(10-12)21-8-7-17(18(21)22)20-25(23,24)16-5-3-14(19)4-6-16/h3-6,9-11,17,20H,7-8H2,1-2H3/t17-/m0/s1. The molecule has 25 heavy (non-hydrogen) atoms. The topological polar surface area (TPSA) is 66.5 Å². The van der Waals surface area contributed by atoms with Gasteiger partial charge in [0.2, 0.25) is 15.9 Å². The zero-order valence-corrected chi connectivity index (χ0v) is 14.8. The lowest BCUT2D eigenvalue weighted by atomic mass is 10.1. The molecule has 1 amide bonds. The van der Waals surface area contributed by atoms with Gasteiger partial charge in [0.05, 0.1) is 4.90 Å². The summed E-state index contributed by atoms with van der Waals surface area (Å²) in [6.07, 6.45) is 0.381. The van der Waals surface area contributed by atoms with Gasteiger partial charge in [-0.15, -0.1) is 0 Å². The molecule has 2 aromatic rings. The molecular weight excluding hydrogens is 343 g/mol. The molecule has 0 saturated carbocycles. The second-order valence-corrected chi connectivity index (χ2v) is 7.97. The van der Waals surface area contributed by atoms with E-state index in [0.29, 0.717) is 13.0 Å². The lowest BCUT2D eigenvalue weighted by molar-refractivity contribution is -0.118. The highest BCUT2D eigenvalue weighted by Crippen LogP contribution is 2.25. The van der Waals surface area contributed by atoms with Gasteiger partial charge in [-0.3, -0.25) is 4.79 Å². The first kappa shape index (κ1) is 17.6. The van der Waals surface area contributed by atoms with Gasteiger partial charge >= 0.3 is 0 Å². The second kappa shape index (κ2) is 6.57. The molecule has 1 aliphatic heterocycles. The van der Waals surface area contributed by atoms with Crippen LogP contribution in [0.5, 0.6) is 0 Å². The fourth-order valence-corrected chi connectivity index (χ4v) is 4.24. The second-order valence-electron chi connectivity index (χ2n) is 6.25. The SMILES string of the molecule is Cc1cc(C)cc(N2CC[C@H](NS(=O)(=O)c3ccc(F)cc3)C2=O)c1. The normalized spacial score (nSPS) is 18.0. The van der Waals surface area contributed by atoms with Crippen molar-refractivity contribution in [3.8, 4) is 0 Å². The van der Waals surface area contributed by atoms with Crippen LogP contribution < -0.4 is 9.62 Å². The number of carbonyl (C=O) groups excluding carboxylic acids is 1. The zero-order valence-electron chi connectivity index (χ0n) is 14.0. The molecule has 2 aromatic carbocycles. The Bertz CT molecular complexity index is 890. The first-order valence-corrected chi connectivity index (χ1v) is 9.42. The number of rotatable bonds is 4. The number of carbonyl (C=O) groups is 1. The van der Waals surface area contributed by atoms with Gasteiger partial charge in [-0.25, -0.2) is 12.8 Å². The van der Waals surface area contributed by atoms with Gasteiger partial charge in [-0.2, -0.15) is 4.72 Å². The predicted molar refractivity (Wildman–Crippen MR) is 93.4 cm³/mol. The summed E-state index contributed by atoms with van der Waals surface area (Å²) >= 11 is 0. The lowest BCUT2D eigenvalue weighted by Crippen LogP contribution is -2.41. The van der Waals surface area contributed by atoms with E-state index >= 15 is 0 Å². The van der Waals surface area contributed by atoms with Crippen LogP contribution in [0, 0.1) is 19.7 Å². The van der Waals surface area contributed by atoms with Crippen molar-refractivity contribution < 1.29 is 17.6 Å². The molecule has 0 unspecified atom stereocenters. The Hall–Kier alpha value is -2.25. The van der Waals surface area contributed by atoms with Crippen LogP contribution in [0.4, 0.5) is 10.1 Å². The molecule has 1 fully saturated rings. The van der Waals surface area contributed by atoms with Crippen molar-refractivity contribution in [2.45, 2.75) is 31.2 Å². The summed E-state index contributed by atoms with van der Waals surface area (Å²) < 4.78 is 40.2. The number of aryl methyl sites for hydroxylation is 2. The number of nitrogens with zero attached hydrogens (tertiary/aromatic N) is 1. The maximum Gasteiger partial charge on any atom is 0.245 e. The number of hydrogen-bond acceptors (Lipinski definition) is 3. The van der Waals surface area contributed by atoms with E-state index in [2.05, 4.69) is 4.72 Å². The van der Waals surface area contributed by atoms with E-state index in [0.717, 1.165) is 28.9 Å². The summed E-state index contributed by atoms with van der Waals surface area (Å²) in [6, 6.07) is 9.51. The Morgan fingerprint density at radius 1 is 1.08 bits per heavy atom. The number of hydrogen-bond donors (Lipinski definition) is 1. The van der Waals surface area contributed by atoms with Crippen LogP contribution in [-0.4, -0.2) is 26.9 Å². The maximum absolute atomic E-state index is 13.0. The van der Waals surface area contributed by atoms with Crippen molar-refractivity contribution in [3.63, 3.8) is 0 Å². The molecule has 0 aromatic heterocycles. The summed E-state index contributed by atoms with van der Waals surface area (Å²) in [5, 5.41) is 0. The van der Waals surface area contributed by atoms with Gasteiger partial charge in [0, 0.05) is 12.2 Å². The molecule has 0 aliphatic carbocycles. The Morgan fingerprint density at radius 2 is 1.68 bits per heavy atom. The van der Waals surface area contributed by atoms with Crippen molar-refractivity contribution in [2.75, 3.05) is 11.4 Å². The summed E-state index contributed by atoms with van der Waals surface area (Å²) in [5.74, 6) is -0.799. The lowest BCUT2D eigenvalue weighted by Gasteiger charge is -2.18. The van der Waals surface area contributed by atoms with Crippen molar-refractivity contribution in [2.24, 2.45) is 0 Å². The van der Waals surface area contributed by atoms with E-state index < -0.39 is 21.9 Å². The van der Waals surface area contributed by atoms with Crippen LogP contribution in [0.2, 0.25) is 0 Å².